The summed E-state index contributed by atoms with van der Waals surface area (Å²) in [4.78, 5) is 14.8. The predicted octanol–water partition coefficient (Wildman–Crippen LogP) is 2.06. The van der Waals surface area contributed by atoms with E-state index in [9.17, 15) is 4.79 Å². The molecule has 0 aromatic heterocycles. The van der Waals surface area contributed by atoms with E-state index in [0.717, 1.165) is 38.4 Å². The quantitative estimate of drug-likeness (QED) is 0.924. The molecule has 0 unspecified atom stereocenters. The summed E-state index contributed by atoms with van der Waals surface area (Å²) >= 11 is 0. The first-order valence-corrected chi connectivity index (χ1v) is 8.72. The third kappa shape index (κ3) is 3.29. The van der Waals surface area contributed by atoms with Crippen molar-refractivity contribution >= 4 is 5.91 Å². The molecule has 5 nitrogen and oxygen atoms in total. The van der Waals surface area contributed by atoms with E-state index >= 15 is 0 Å². The van der Waals surface area contributed by atoms with Crippen molar-refractivity contribution < 1.29 is 14.3 Å². The van der Waals surface area contributed by atoms with Crippen molar-refractivity contribution in [3.63, 3.8) is 0 Å². The summed E-state index contributed by atoms with van der Waals surface area (Å²) < 4.78 is 11.2. The Balaban J connectivity index is 1.38. The van der Waals surface area contributed by atoms with E-state index in [1.165, 1.54) is 12.8 Å². The highest BCUT2D eigenvalue weighted by Crippen LogP contribution is 2.34. The second-order valence-electron chi connectivity index (χ2n) is 6.75. The first-order chi connectivity index (χ1) is 11.3. The van der Waals surface area contributed by atoms with Crippen molar-refractivity contribution in [1.29, 1.82) is 0 Å². The Morgan fingerprint density at radius 2 is 1.91 bits per heavy atom. The molecule has 1 saturated carbocycles. The highest BCUT2D eigenvalue weighted by molar-refractivity contribution is 5.98. The van der Waals surface area contributed by atoms with Gasteiger partial charge in [-0.05, 0) is 50.3 Å². The van der Waals surface area contributed by atoms with Crippen LogP contribution in [0.15, 0.2) is 18.2 Å². The number of nitrogens with zero attached hydrogens (tertiary/aromatic N) is 1. The summed E-state index contributed by atoms with van der Waals surface area (Å²) in [6.45, 7) is 3.82. The van der Waals surface area contributed by atoms with Gasteiger partial charge in [0.25, 0.3) is 5.91 Å². The van der Waals surface area contributed by atoms with Crippen molar-refractivity contribution in [2.24, 2.45) is 5.92 Å². The van der Waals surface area contributed by atoms with Crippen LogP contribution in [0.3, 0.4) is 0 Å². The Bertz CT molecular complexity index is 578. The second kappa shape index (κ2) is 6.40. The van der Waals surface area contributed by atoms with Gasteiger partial charge in [-0.2, -0.15) is 0 Å². The van der Waals surface area contributed by atoms with Crippen molar-refractivity contribution in [3.05, 3.63) is 23.8 Å². The number of ether oxygens (including phenoxy) is 2. The molecule has 2 heterocycles. The first-order valence-electron chi connectivity index (χ1n) is 8.72. The number of hydrogen-bond acceptors (Lipinski definition) is 4. The van der Waals surface area contributed by atoms with Crippen LogP contribution in [0.5, 0.6) is 11.5 Å². The normalized spacial score (nSPS) is 21.3. The monoisotopic (exact) mass is 316 g/mol. The summed E-state index contributed by atoms with van der Waals surface area (Å²) in [5.41, 5.74) is 0.631. The Morgan fingerprint density at radius 3 is 2.70 bits per heavy atom. The van der Waals surface area contributed by atoms with E-state index < -0.39 is 0 Å². The largest absolute Gasteiger partial charge is 0.486 e. The van der Waals surface area contributed by atoms with Crippen LogP contribution in [-0.4, -0.2) is 49.7 Å². The molecule has 2 fully saturated rings. The van der Waals surface area contributed by atoms with E-state index in [2.05, 4.69) is 5.32 Å². The molecule has 1 aromatic rings. The molecule has 1 saturated heterocycles. The van der Waals surface area contributed by atoms with Gasteiger partial charge < -0.3 is 19.7 Å². The van der Waals surface area contributed by atoms with Gasteiger partial charge in [0.2, 0.25) is 0 Å². The molecule has 1 aromatic carbocycles. The number of fused-ring (bicyclic) bond motifs is 1. The number of carbonyl (C=O) groups is 1. The number of amides is 1. The number of benzene rings is 1. The summed E-state index contributed by atoms with van der Waals surface area (Å²) in [6, 6.07) is 6.13. The van der Waals surface area contributed by atoms with Crippen molar-refractivity contribution in [1.82, 2.24) is 10.2 Å². The fourth-order valence-corrected chi connectivity index (χ4v) is 3.35. The zero-order valence-corrected chi connectivity index (χ0v) is 13.4. The average molecular weight is 316 g/mol. The fourth-order valence-electron chi connectivity index (χ4n) is 3.35. The zero-order chi connectivity index (χ0) is 15.6. The van der Waals surface area contributed by atoms with Crippen molar-refractivity contribution in [2.75, 3.05) is 32.8 Å². The van der Waals surface area contributed by atoms with Crippen LogP contribution in [0.2, 0.25) is 0 Å². The number of para-hydroxylation sites is 1. The summed E-state index contributed by atoms with van der Waals surface area (Å²) in [7, 11) is 0. The number of hydrogen-bond donors (Lipinski definition) is 1. The van der Waals surface area contributed by atoms with Crippen LogP contribution < -0.4 is 14.8 Å². The van der Waals surface area contributed by atoms with Gasteiger partial charge in [0, 0.05) is 19.1 Å². The van der Waals surface area contributed by atoms with Crippen LogP contribution in [0, 0.1) is 5.92 Å². The first kappa shape index (κ1) is 14.8. The van der Waals surface area contributed by atoms with Crippen LogP contribution in [-0.2, 0) is 0 Å². The Labute approximate surface area is 136 Å². The molecular formula is C18H24N2O3. The zero-order valence-electron chi connectivity index (χ0n) is 13.4. The number of piperidine rings is 1. The molecular weight excluding hydrogens is 292 g/mol. The van der Waals surface area contributed by atoms with Gasteiger partial charge in [0.05, 0.1) is 5.56 Å². The van der Waals surface area contributed by atoms with E-state index in [4.69, 9.17) is 9.47 Å². The maximum atomic E-state index is 12.8. The van der Waals surface area contributed by atoms with Gasteiger partial charge in [0.15, 0.2) is 11.5 Å². The standard InChI is InChI=1S/C18H24N2O3/c21-18(15-2-1-3-16-17(15)23-11-10-22-16)20-8-6-14(7-9-20)19-12-13-4-5-13/h1-3,13-14,19H,4-12H2. The molecule has 0 atom stereocenters. The van der Waals surface area contributed by atoms with E-state index in [0.29, 0.717) is 36.3 Å². The van der Waals surface area contributed by atoms with Gasteiger partial charge in [-0.3, -0.25) is 4.79 Å². The molecule has 4 rings (SSSR count). The minimum atomic E-state index is 0.0630. The molecule has 5 heteroatoms. The highest BCUT2D eigenvalue weighted by atomic mass is 16.6. The van der Waals surface area contributed by atoms with Crippen molar-refractivity contribution in [2.45, 2.75) is 31.7 Å². The van der Waals surface area contributed by atoms with E-state index in [-0.39, 0.29) is 5.91 Å². The fraction of sp³-hybridized carbons (Fsp3) is 0.611. The van der Waals surface area contributed by atoms with Crippen LogP contribution in [0.4, 0.5) is 0 Å². The maximum absolute atomic E-state index is 12.8. The Morgan fingerprint density at radius 1 is 1.13 bits per heavy atom. The summed E-state index contributed by atoms with van der Waals surface area (Å²) in [5.74, 6) is 2.26. The predicted molar refractivity (Wildman–Crippen MR) is 87.1 cm³/mol. The SMILES string of the molecule is O=C(c1cccc2c1OCCO2)N1CCC(NCC2CC2)CC1. The molecule has 3 aliphatic rings. The topological polar surface area (TPSA) is 50.8 Å². The molecule has 2 aliphatic heterocycles. The average Bonchev–Trinajstić information content (AvgIpc) is 3.44. The summed E-state index contributed by atoms with van der Waals surface area (Å²) in [5, 5.41) is 3.65. The number of rotatable bonds is 4. The number of likely N-dealkylation sites (tertiary alicyclic amines) is 1. The van der Waals surface area contributed by atoms with Gasteiger partial charge in [0.1, 0.15) is 13.2 Å². The molecule has 1 N–H and O–H groups in total. The van der Waals surface area contributed by atoms with Gasteiger partial charge in [-0.1, -0.05) is 6.07 Å². The molecule has 0 radical (unpaired) electrons. The minimum absolute atomic E-state index is 0.0630. The van der Waals surface area contributed by atoms with Crippen LogP contribution >= 0.6 is 0 Å². The lowest BCUT2D eigenvalue weighted by Gasteiger charge is -2.33. The van der Waals surface area contributed by atoms with E-state index in [1.54, 1.807) is 0 Å². The Hall–Kier alpha value is -1.75. The minimum Gasteiger partial charge on any atom is -0.486 e. The molecule has 1 amide bonds. The van der Waals surface area contributed by atoms with Gasteiger partial charge in [-0.15, -0.1) is 0 Å². The third-order valence-electron chi connectivity index (χ3n) is 4.97. The summed E-state index contributed by atoms with van der Waals surface area (Å²) in [6.07, 6.45) is 4.83. The lowest BCUT2D eigenvalue weighted by molar-refractivity contribution is 0.0695. The number of nitrogens with one attached hydrogen (secondary N) is 1. The second-order valence-corrected chi connectivity index (χ2v) is 6.75. The number of carbonyl (C=O) groups excluding carboxylic acids is 1. The van der Waals surface area contributed by atoms with Crippen LogP contribution in [0.1, 0.15) is 36.0 Å². The molecule has 0 spiro atoms. The molecule has 124 valence electrons. The molecule has 0 bridgehead atoms. The highest BCUT2D eigenvalue weighted by Gasteiger charge is 2.28. The lowest BCUT2D eigenvalue weighted by atomic mass is 10.0. The van der Waals surface area contributed by atoms with E-state index in [1.807, 2.05) is 23.1 Å². The van der Waals surface area contributed by atoms with Gasteiger partial charge in [-0.25, -0.2) is 0 Å². The van der Waals surface area contributed by atoms with Crippen LogP contribution in [0.25, 0.3) is 0 Å². The Kier molecular flexibility index (Phi) is 4.12. The molecule has 23 heavy (non-hydrogen) atoms. The maximum Gasteiger partial charge on any atom is 0.257 e. The smallest absolute Gasteiger partial charge is 0.257 e. The van der Waals surface area contributed by atoms with Gasteiger partial charge >= 0.3 is 0 Å². The lowest BCUT2D eigenvalue weighted by Crippen LogP contribution is -2.45. The molecule has 1 aliphatic carbocycles. The van der Waals surface area contributed by atoms with Crippen molar-refractivity contribution in [3.8, 4) is 11.5 Å². The third-order valence-corrected chi connectivity index (χ3v) is 4.97.